The maximum Gasteiger partial charge on any atom is 0.253 e. The lowest BCUT2D eigenvalue weighted by atomic mass is 10.0. The van der Waals surface area contributed by atoms with E-state index < -0.39 is 0 Å². The van der Waals surface area contributed by atoms with Crippen LogP contribution in [0.4, 0.5) is 0 Å². The first-order chi connectivity index (χ1) is 9.47. The first kappa shape index (κ1) is 13.6. The van der Waals surface area contributed by atoms with E-state index in [9.17, 15) is 4.79 Å². The first-order valence-corrected chi connectivity index (χ1v) is 7.55. The van der Waals surface area contributed by atoms with Gasteiger partial charge in [-0.25, -0.2) is 0 Å². The van der Waals surface area contributed by atoms with Crippen molar-refractivity contribution in [3.05, 3.63) is 35.4 Å². The third kappa shape index (κ3) is 2.59. The summed E-state index contributed by atoms with van der Waals surface area (Å²) in [6.07, 6.45) is 1.26. The van der Waals surface area contributed by atoms with Crippen molar-refractivity contribution in [3.63, 3.8) is 0 Å². The topological polar surface area (TPSA) is 23.6 Å². The predicted molar refractivity (Wildman–Crippen MR) is 81.0 cm³/mol. The van der Waals surface area contributed by atoms with Gasteiger partial charge in [-0.3, -0.25) is 4.79 Å². The SMILES string of the molecule is CN1CCN(C(=O)c2ccc(C3CC3(C)C)cc2)CC1. The molecule has 1 aliphatic carbocycles. The molecule has 1 atom stereocenters. The smallest absolute Gasteiger partial charge is 0.253 e. The van der Waals surface area contributed by atoms with Crippen molar-refractivity contribution in [3.8, 4) is 0 Å². The Morgan fingerprint density at radius 3 is 2.15 bits per heavy atom. The average molecular weight is 272 g/mol. The molecule has 20 heavy (non-hydrogen) atoms. The maximum atomic E-state index is 12.4. The number of hydrogen-bond donors (Lipinski definition) is 0. The summed E-state index contributed by atoms with van der Waals surface area (Å²) >= 11 is 0. The number of carbonyl (C=O) groups excluding carboxylic acids is 1. The number of hydrogen-bond acceptors (Lipinski definition) is 2. The minimum Gasteiger partial charge on any atom is -0.336 e. The molecular formula is C17H24N2O. The molecule has 1 saturated heterocycles. The molecule has 3 rings (SSSR count). The van der Waals surface area contributed by atoms with Gasteiger partial charge in [-0.15, -0.1) is 0 Å². The number of likely N-dealkylation sites (N-methyl/N-ethyl adjacent to an activating group) is 1. The Morgan fingerprint density at radius 2 is 1.65 bits per heavy atom. The van der Waals surface area contributed by atoms with E-state index in [1.165, 1.54) is 12.0 Å². The van der Waals surface area contributed by atoms with Crippen LogP contribution in [0.25, 0.3) is 0 Å². The normalized spacial score (nSPS) is 25.6. The lowest BCUT2D eigenvalue weighted by Gasteiger charge is -2.32. The van der Waals surface area contributed by atoms with Gasteiger partial charge in [0, 0.05) is 31.7 Å². The van der Waals surface area contributed by atoms with E-state index in [2.05, 4.69) is 37.9 Å². The second-order valence-corrected chi connectivity index (χ2v) is 6.96. The lowest BCUT2D eigenvalue weighted by molar-refractivity contribution is 0.0664. The van der Waals surface area contributed by atoms with Crippen LogP contribution in [0, 0.1) is 5.41 Å². The van der Waals surface area contributed by atoms with Crippen molar-refractivity contribution in [2.24, 2.45) is 5.41 Å². The highest BCUT2D eigenvalue weighted by Gasteiger charge is 2.46. The third-order valence-corrected chi connectivity index (χ3v) is 4.86. The fourth-order valence-corrected chi connectivity index (χ4v) is 3.09. The van der Waals surface area contributed by atoms with E-state index in [0.29, 0.717) is 11.3 Å². The van der Waals surface area contributed by atoms with Crippen LogP contribution in [0.3, 0.4) is 0 Å². The number of nitrogens with zero attached hydrogens (tertiary/aromatic N) is 2. The molecule has 1 aliphatic heterocycles. The molecule has 2 aliphatic rings. The number of benzene rings is 1. The quantitative estimate of drug-likeness (QED) is 0.826. The zero-order valence-corrected chi connectivity index (χ0v) is 12.7. The Hall–Kier alpha value is -1.35. The van der Waals surface area contributed by atoms with Gasteiger partial charge >= 0.3 is 0 Å². The molecule has 0 spiro atoms. The Balaban J connectivity index is 1.67. The standard InChI is InChI=1S/C17H24N2O/c1-17(2)12-15(17)13-4-6-14(7-5-13)16(20)19-10-8-18(3)9-11-19/h4-7,15H,8-12H2,1-3H3. The second-order valence-electron chi connectivity index (χ2n) is 6.96. The summed E-state index contributed by atoms with van der Waals surface area (Å²) in [4.78, 5) is 16.7. The molecule has 3 nitrogen and oxygen atoms in total. The fourth-order valence-electron chi connectivity index (χ4n) is 3.09. The van der Waals surface area contributed by atoms with Gasteiger partial charge in [-0.2, -0.15) is 0 Å². The maximum absolute atomic E-state index is 12.4. The summed E-state index contributed by atoms with van der Waals surface area (Å²) < 4.78 is 0. The summed E-state index contributed by atoms with van der Waals surface area (Å²) in [5.41, 5.74) is 2.66. The van der Waals surface area contributed by atoms with Crippen LogP contribution < -0.4 is 0 Å². The summed E-state index contributed by atoms with van der Waals surface area (Å²) in [5, 5.41) is 0. The van der Waals surface area contributed by atoms with Crippen molar-refractivity contribution in [2.75, 3.05) is 33.2 Å². The van der Waals surface area contributed by atoms with Gasteiger partial charge in [0.1, 0.15) is 0 Å². The number of amides is 1. The van der Waals surface area contributed by atoms with Crippen LogP contribution in [0.2, 0.25) is 0 Å². The van der Waals surface area contributed by atoms with Crippen LogP contribution in [-0.4, -0.2) is 48.9 Å². The Morgan fingerprint density at radius 1 is 1.10 bits per heavy atom. The fraction of sp³-hybridized carbons (Fsp3) is 0.588. The van der Waals surface area contributed by atoms with Gasteiger partial charge in [0.05, 0.1) is 0 Å². The summed E-state index contributed by atoms with van der Waals surface area (Å²) in [6.45, 7) is 8.24. The summed E-state index contributed by atoms with van der Waals surface area (Å²) in [5.74, 6) is 0.856. The lowest BCUT2D eigenvalue weighted by Crippen LogP contribution is -2.47. The van der Waals surface area contributed by atoms with Crippen LogP contribution in [0.1, 0.15) is 42.1 Å². The highest BCUT2D eigenvalue weighted by Crippen LogP contribution is 2.58. The molecule has 1 amide bonds. The Kier molecular flexibility index (Phi) is 3.33. The summed E-state index contributed by atoms with van der Waals surface area (Å²) in [6, 6.07) is 8.29. The van der Waals surface area contributed by atoms with E-state index in [1.807, 2.05) is 17.0 Å². The van der Waals surface area contributed by atoms with E-state index in [-0.39, 0.29) is 5.91 Å². The molecule has 1 heterocycles. The predicted octanol–water partition coefficient (Wildman–Crippen LogP) is 2.59. The van der Waals surface area contributed by atoms with Crippen LogP contribution in [0.5, 0.6) is 0 Å². The molecule has 3 heteroatoms. The molecule has 0 bridgehead atoms. The molecule has 0 aromatic heterocycles. The van der Waals surface area contributed by atoms with Crippen molar-refractivity contribution in [1.82, 2.24) is 9.80 Å². The average Bonchev–Trinajstić information content (AvgIpc) is 3.08. The van der Waals surface area contributed by atoms with Crippen LogP contribution >= 0.6 is 0 Å². The van der Waals surface area contributed by atoms with Gasteiger partial charge in [-0.05, 0) is 42.5 Å². The number of rotatable bonds is 2. The first-order valence-electron chi connectivity index (χ1n) is 7.55. The monoisotopic (exact) mass is 272 g/mol. The van der Waals surface area contributed by atoms with Gasteiger partial charge in [0.15, 0.2) is 0 Å². The van der Waals surface area contributed by atoms with Crippen LogP contribution in [-0.2, 0) is 0 Å². The molecule has 0 N–H and O–H groups in total. The van der Waals surface area contributed by atoms with Gasteiger partial charge in [0.25, 0.3) is 5.91 Å². The molecule has 0 radical (unpaired) electrons. The van der Waals surface area contributed by atoms with Crippen LogP contribution in [0.15, 0.2) is 24.3 Å². The molecule has 1 aromatic rings. The number of carbonyl (C=O) groups is 1. The zero-order chi connectivity index (χ0) is 14.3. The molecule has 1 aromatic carbocycles. The van der Waals surface area contributed by atoms with Gasteiger partial charge < -0.3 is 9.80 Å². The van der Waals surface area contributed by atoms with Gasteiger partial charge in [-0.1, -0.05) is 26.0 Å². The van der Waals surface area contributed by atoms with Crippen molar-refractivity contribution < 1.29 is 4.79 Å². The molecule has 108 valence electrons. The van der Waals surface area contributed by atoms with Crippen molar-refractivity contribution >= 4 is 5.91 Å². The highest BCUT2D eigenvalue weighted by molar-refractivity contribution is 5.94. The van der Waals surface area contributed by atoms with E-state index in [0.717, 1.165) is 31.7 Å². The largest absolute Gasteiger partial charge is 0.336 e. The Labute approximate surface area is 121 Å². The minimum absolute atomic E-state index is 0.180. The third-order valence-electron chi connectivity index (χ3n) is 4.86. The van der Waals surface area contributed by atoms with Crippen molar-refractivity contribution in [1.29, 1.82) is 0 Å². The minimum atomic E-state index is 0.180. The molecule has 1 saturated carbocycles. The summed E-state index contributed by atoms with van der Waals surface area (Å²) in [7, 11) is 2.11. The van der Waals surface area contributed by atoms with Crippen molar-refractivity contribution in [2.45, 2.75) is 26.2 Å². The molecule has 1 unspecified atom stereocenters. The number of piperazine rings is 1. The second kappa shape index (κ2) is 4.88. The zero-order valence-electron chi connectivity index (χ0n) is 12.7. The molecular weight excluding hydrogens is 248 g/mol. The van der Waals surface area contributed by atoms with E-state index in [4.69, 9.17) is 0 Å². The van der Waals surface area contributed by atoms with E-state index in [1.54, 1.807) is 0 Å². The van der Waals surface area contributed by atoms with E-state index >= 15 is 0 Å². The van der Waals surface area contributed by atoms with Gasteiger partial charge in [0.2, 0.25) is 0 Å². The Bertz CT molecular complexity index is 498. The molecule has 2 fully saturated rings. The highest BCUT2D eigenvalue weighted by atomic mass is 16.2.